The van der Waals surface area contributed by atoms with Gasteiger partial charge in [-0.1, -0.05) is 13.8 Å². The number of hydrogen-bond acceptors (Lipinski definition) is 12. The van der Waals surface area contributed by atoms with E-state index in [1.165, 1.54) is 20.8 Å². The molecule has 0 aliphatic heterocycles. The monoisotopic (exact) mass is 718 g/mol. The number of carbonyl (C=O) groups excluding carboxylic acids is 6. The molecule has 0 spiro atoms. The largest absolute Gasteiger partial charge is 0.481 e. The first-order valence-electron chi connectivity index (χ1n) is 16.2. The highest BCUT2D eigenvalue weighted by molar-refractivity contribution is 5.97. The Kier molecular flexibility index (Phi) is 20.4. The molecule has 20 nitrogen and oxygen atoms in total. The predicted molar refractivity (Wildman–Crippen MR) is 177 cm³/mol. The number of aliphatic hydroxyl groups excluding tert-OH is 2. The zero-order valence-corrected chi connectivity index (χ0v) is 29.2. The van der Waals surface area contributed by atoms with Gasteiger partial charge in [-0.2, -0.15) is 0 Å². The second kappa shape index (κ2) is 22.3. The van der Waals surface area contributed by atoms with Crippen molar-refractivity contribution in [1.82, 2.24) is 31.9 Å². The van der Waals surface area contributed by atoms with Crippen LogP contribution in [0, 0.1) is 5.92 Å². The van der Waals surface area contributed by atoms with Crippen LogP contribution in [0.15, 0.2) is 0 Å². The molecule has 0 radical (unpaired) electrons. The number of nitrogens with two attached hydrogens (primary N) is 2. The predicted octanol–water partition coefficient (Wildman–Crippen LogP) is -4.24. The summed E-state index contributed by atoms with van der Waals surface area (Å²) in [6.45, 7) is 8.58. The third-order valence-electron chi connectivity index (χ3n) is 7.26. The third-order valence-corrected chi connectivity index (χ3v) is 7.26. The number of unbranched alkanes of at least 4 members (excludes halogenated alkanes) is 1. The van der Waals surface area contributed by atoms with Crippen LogP contribution in [0.4, 0.5) is 0 Å². The molecule has 0 aliphatic rings. The number of aliphatic hydroxyl groups is 2. The van der Waals surface area contributed by atoms with E-state index in [4.69, 9.17) is 21.7 Å². The number of aliphatic carboxylic acids is 2. The maximum absolute atomic E-state index is 13.2. The smallest absolute Gasteiger partial charge is 0.325 e. The number of nitrogens with one attached hydrogen (secondary N) is 6. The van der Waals surface area contributed by atoms with Crippen molar-refractivity contribution in [2.45, 2.75) is 128 Å². The summed E-state index contributed by atoms with van der Waals surface area (Å²) in [4.78, 5) is 99.6. The Balaban J connectivity index is 5.77. The Morgan fingerprint density at radius 3 is 1.50 bits per heavy atom. The van der Waals surface area contributed by atoms with Crippen molar-refractivity contribution in [2.75, 3.05) is 6.54 Å². The average molecular weight is 719 g/mol. The van der Waals surface area contributed by atoms with Gasteiger partial charge in [0.25, 0.3) is 0 Å². The van der Waals surface area contributed by atoms with Gasteiger partial charge in [0.15, 0.2) is 0 Å². The molecule has 9 atom stereocenters. The summed E-state index contributed by atoms with van der Waals surface area (Å²) in [7, 11) is 0. The van der Waals surface area contributed by atoms with Gasteiger partial charge in [0, 0.05) is 0 Å². The van der Waals surface area contributed by atoms with E-state index in [-0.39, 0.29) is 18.8 Å². The molecule has 50 heavy (non-hydrogen) atoms. The van der Waals surface area contributed by atoms with Crippen molar-refractivity contribution in [3.63, 3.8) is 0 Å². The summed E-state index contributed by atoms with van der Waals surface area (Å²) >= 11 is 0. The quantitative estimate of drug-likeness (QED) is 0.0446. The summed E-state index contributed by atoms with van der Waals surface area (Å²) in [6, 6.07) is -9.94. The van der Waals surface area contributed by atoms with Crippen molar-refractivity contribution >= 4 is 47.4 Å². The molecule has 0 aromatic carbocycles. The van der Waals surface area contributed by atoms with E-state index in [9.17, 15) is 48.6 Å². The van der Waals surface area contributed by atoms with Crippen molar-refractivity contribution < 1.29 is 58.8 Å². The first-order chi connectivity index (χ1) is 23.1. The molecular weight excluding hydrogens is 664 g/mol. The van der Waals surface area contributed by atoms with Crippen LogP contribution in [0.25, 0.3) is 0 Å². The third kappa shape index (κ3) is 16.8. The van der Waals surface area contributed by atoms with Crippen molar-refractivity contribution in [3.8, 4) is 0 Å². The van der Waals surface area contributed by atoms with Gasteiger partial charge >= 0.3 is 11.9 Å². The summed E-state index contributed by atoms with van der Waals surface area (Å²) in [5, 5.41) is 52.5. The van der Waals surface area contributed by atoms with Crippen molar-refractivity contribution in [3.05, 3.63) is 0 Å². The van der Waals surface area contributed by atoms with Crippen LogP contribution < -0.4 is 43.4 Å². The van der Waals surface area contributed by atoms with Crippen LogP contribution in [0.2, 0.25) is 0 Å². The van der Waals surface area contributed by atoms with E-state index in [0.29, 0.717) is 19.4 Å². The van der Waals surface area contributed by atoms with Gasteiger partial charge < -0.3 is 63.8 Å². The van der Waals surface area contributed by atoms with E-state index < -0.39 is 108 Å². The minimum atomic E-state index is -1.71. The molecule has 0 fully saturated rings. The van der Waals surface area contributed by atoms with Gasteiger partial charge in [0.1, 0.15) is 36.3 Å². The maximum Gasteiger partial charge on any atom is 0.325 e. The Morgan fingerprint density at radius 2 is 1.04 bits per heavy atom. The Labute approximate surface area is 290 Å². The fourth-order valence-corrected chi connectivity index (χ4v) is 4.37. The van der Waals surface area contributed by atoms with E-state index in [1.807, 2.05) is 0 Å². The second-order valence-corrected chi connectivity index (χ2v) is 12.5. The second-order valence-electron chi connectivity index (χ2n) is 12.5. The van der Waals surface area contributed by atoms with Gasteiger partial charge in [-0.3, -0.25) is 38.4 Å². The van der Waals surface area contributed by atoms with Crippen molar-refractivity contribution in [2.24, 2.45) is 17.4 Å². The molecule has 0 heterocycles. The highest BCUT2D eigenvalue weighted by Gasteiger charge is 2.35. The number of hydrogen-bond donors (Lipinski definition) is 12. The molecule has 0 saturated carbocycles. The molecule has 6 amide bonds. The minimum absolute atomic E-state index is 0.0721. The number of carboxylic acids is 2. The summed E-state index contributed by atoms with van der Waals surface area (Å²) in [6.07, 6.45) is -2.77. The maximum atomic E-state index is 13.2. The van der Waals surface area contributed by atoms with Gasteiger partial charge in [-0.05, 0) is 65.8 Å². The topological polar surface area (TPSA) is 342 Å². The van der Waals surface area contributed by atoms with Gasteiger partial charge in [-0.15, -0.1) is 0 Å². The zero-order valence-electron chi connectivity index (χ0n) is 29.2. The zero-order chi connectivity index (χ0) is 38.9. The lowest BCUT2D eigenvalue weighted by molar-refractivity contribution is -0.142. The lowest BCUT2D eigenvalue weighted by Gasteiger charge is -2.29. The Morgan fingerprint density at radius 1 is 0.580 bits per heavy atom. The van der Waals surface area contributed by atoms with Crippen LogP contribution in [-0.4, -0.2) is 129 Å². The van der Waals surface area contributed by atoms with Crippen LogP contribution in [-0.2, 0) is 38.4 Å². The Hall–Kier alpha value is -4.40. The van der Waals surface area contributed by atoms with Gasteiger partial charge in [0.05, 0.1) is 24.7 Å². The lowest BCUT2D eigenvalue weighted by Crippen LogP contribution is -2.63. The minimum Gasteiger partial charge on any atom is -0.481 e. The first-order valence-corrected chi connectivity index (χ1v) is 16.2. The number of carbonyl (C=O) groups is 8. The highest BCUT2D eigenvalue weighted by atomic mass is 16.4. The van der Waals surface area contributed by atoms with Gasteiger partial charge in [0.2, 0.25) is 35.4 Å². The summed E-state index contributed by atoms with van der Waals surface area (Å²) < 4.78 is 0. The standard InChI is InChI=1S/C30H54N8O12/c1-13(2)11-20(27(46)34-15(4)30(49)50)36-28(47)22(16(5)39)38-29(48)23(17(6)40)37-24(43)14(3)33-26(45)19(9-7-8-10-31)35-25(44)18(32)12-21(41)42/h13-20,22-23,39-40H,7-12,31-32H2,1-6H3,(H,33,45)(H,34,46)(H,35,44)(H,36,47)(H,37,43)(H,38,48)(H,41,42)(H,49,50)/t14-,15-,16+,17+,18-,19-,20-,22-,23-/m0/s1. The number of carboxylic acid groups (broad SMARTS) is 2. The molecule has 0 aromatic rings. The SMILES string of the molecule is CC(C)C[C@H](NC(=O)[C@@H](NC(=O)[C@@H](NC(=O)[C@H](C)NC(=O)[C@H](CCCCN)NC(=O)[C@@H](N)CC(=O)O)[C@@H](C)O)[C@@H](C)O)C(=O)N[C@@H](C)C(=O)O. The van der Waals surface area contributed by atoms with Crippen LogP contribution >= 0.6 is 0 Å². The van der Waals surface area contributed by atoms with Crippen LogP contribution in [0.3, 0.4) is 0 Å². The first kappa shape index (κ1) is 45.6. The summed E-state index contributed by atoms with van der Waals surface area (Å²) in [5.74, 6) is -8.43. The molecule has 0 saturated heterocycles. The van der Waals surface area contributed by atoms with Gasteiger partial charge in [-0.25, -0.2) is 0 Å². The molecule has 0 rings (SSSR count). The molecule has 14 N–H and O–H groups in total. The average Bonchev–Trinajstić information content (AvgIpc) is 2.99. The highest BCUT2D eigenvalue weighted by Crippen LogP contribution is 2.08. The molecule has 286 valence electrons. The molecule has 0 bridgehead atoms. The molecule has 0 unspecified atom stereocenters. The molecular formula is C30H54N8O12. The fourth-order valence-electron chi connectivity index (χ4n) is 4.37. The fraction of sp³-hybridized carbons (Fsp3) is 0.733. The van der Waals surface area contributed by atoms with E-state index in [2.05, 4.69) is 31.9 Å². The number of amides is 6. The number of rotatable bonds is 23. The van der Waals surface area contributed by atoms with Crippen LogP contribution in [0.5, 0.6) is 0 Å². The Bertz CT molecular complexity index is 1200. The van der Waals surface area contributed by atoms with E-state index in [1.54, 1.807) is 13.8 Å². The van der Waals surface area contributed by atoms with Crippen molar-refractivity contribution in [1.29, 1.82) is 0 Å². The lowest BCUT2D eigenvalue weighted by atomic mass is 10.0. The molecule has 0 aromatic heterocycles. The van der Waals surface area contributed by atoms with E-state index in [0.717, 1.165) is 6.92 Å². The van der Waals surface area contributed by atoms with E-state index >= 15 is 0 Å². The molecule has 20 heteroatoms. The normalized spacial score (nSPS) is 16.5. The summed E-state index contributed by atoms with van der Waals surface area (Å²) in [5.41, 5.74) is 11.1. The molecule has 0 aliphatic carbocycles. The van der Waals surface area contributed by atoms with Crippen LogP contribution in [0.1, 0.15) is 73.6 Å².